The van der Waals surface area contributed by atoms with E-state index < -0.39 is 4.92 Å². The van der Waals surface area contributed by atoms with Gasteiger partial charge in [0.1, 0.15) is 0 Å². The molecule has 68 valence electrons. The van der Waals surface area contributed by atoms with Gasteiger partial charge in [-0.05, 0) is 0 Å². The summed E-state index contributed by atoms with van der Waals surface area (Å²) in [5.41, 5.74) is -0.172. The monoisotopic (exact) mass is 219 g/mol. The predicted octanol–water partition coefficient (Wildman–Crippen LogP) is 2.71. The molecule has 0 spiro atoms. The molecule has 0 fully saturated rings. The minimum Gasteiger partial charge on any atom is -0.298 e. The van der Waals surface area contributed by atoms with Crippen LogP contribution >= 0.6 is 23.2 Å². The first-order valence-corrected chi connectivity index (χ1v) is 3.90. The van der Waals surface area contributed by atoms with Crippen LogP contribution in [0.3, 0.4) is 0 Å². The van der Waals surface area contributed by atoms with Crippen LogP contribution in [0.5, 0.6) is 0 Å². The number of nitrogens with zero attached hydrogens (tertiary/aromatic N) is 1. The molecule has 0 bridgehead atoms. The van der Waals surface area contributed by atoms with E-state index in [2.05, 4.69) is 0 Å². The second-order valence-corrected chi connectivity index (χ2v) is 3.01. The maximum atomic E-state index is 10.4. The van der Waals surface area contributed by atoms with Crippen molar-refractivity contribution < 1.29 is 9.72 Å². The fourth-order valence-electron chi connectivity index (χ4n) is 0.789. The van der Waals surface area contributed by atoms with E-state index in [0.717, 1.165) is 12.1 Å². The molecule has 0 aliphatic rings. The van der Waals surface area contributed by atoms with Gasteiger partial charge in [0.25, 0.3) is 5.69 Å². The van der Waals surface area contributed by atoms with E-state index in [0.29, 0.717) is 6.29 Å². The lowest BCUT2D eigenvalue weighted by Crippen LogP contribution is -1.91. The molecule has 0 aliphatic carbocycles. The Bertz CT molecular complexity index is 355. The molecule has 0 atom stereocenters. The Kier molecular flexibility index (Phi) is 2.85. The molecule has 0 amide bonds. The molecule has 0 aliphatic heterocycles. The first-order valence-electron chi connectivity index (χ1n) is 3.15. The minimum atomic E-state index is -0.633. The van der Waals surface area contributed by atoms with Gasteiger partial charge in [-0.15, -0.1) is 0 Å². The van der Waals surface area contributed by atoms with E-state index in [1.54, 1.807) is 0 Å². The van der Waals surface area contributed by atoms with E-state index in [-0.39, 0.29) is 21.3 Å². The molecule has 1 rings (SSSR count). The summed E-state index contributed by atoms with van der Waals surface area (Å²) in [5.74, 6) is 0. The van der Waals surface area contributed by atoms with Gasteiger partial charge < -0.3 is 0 Å². The first kappa shape index (κ1) is 9.95. The summed E-state index contributed by atoms with van der Waals surface area (Å²) < 4.78 is 0. The molecule has 0 radical (unpaired) electrons. The smallest absolute Gasteiger partial charge is 0.272 e. The van der Waals surface area contributed by atoms with Crippen LogP contribution in [-0.2, 0) is 0 Å². The van der Waals surface area contributed by atoms with Gasteiger partial charge in [0.2, 0.25) is 0 Å². The van der Waals surface area contributed by atoms with Crippen molar-refractivity contribution in [1.29, 1.82) is 0 Å². The van der Waals surface area contributed by atoms with Gasteiger partial charge in [0.05, 0.1) is 20.5 Å². The summed E-state index contributed by atoms with van der Waals surface area (Å²) >= 11 is 11.1. The third-order valence-electron chi connectivity index (χ3n) is 1.39. The molecule has 1 aromatic carbocycles. The van der Waals surface area contributed by atoms with Gasteiger partial charge >= 0.3 is 0 Å². The van der Waals surface area contributed by atoms with E-state index in [9.17, 15) is 14.9 Å². The summed E-state index contributed by atoms with van der Waals surface area (Å²) in [6.07, 6.45) is 0.453. The van der Waals surface area contributed by atoms with E-state index >= 15 is 0 Å². The second kappa shape index (κ2) is 3.72. The van der Waals surface area contributed by atoms with Crippen LogP contribution in [0.15, 0.2) is 12.1 Å². The molecule has 1 aromatic rings. The normalized spacial score (nSPS) is 9.69. The zero-order chi connectivity index (χ0) is 10.0. The van der Waals surface area contributed by atoms with Crippen molar-refractivity contribution in [3.8, 4) is 0 Å². The van der Waals surface area contributed by atoms with Crippen molar-refractivity contribution in [2.45, 2.75) is 0 Å². The van der Waals surface area contributed by atoms with Crippen LogP contribution < -0.4 is 0 Å². The Morgan fingerprint density at radius 1 is 1.31 bits per heavy atom. The Balaban J connectivity index is 3.36. The van der Waals surface area contributed by atoms with Crippen LogP contribution in [-0.4, -0.2) is 11.2 Å². The number of aldehydes is 1. The Labute approximate surface area is 83.2 Å². The molecule has 0 saturated carbocycles. The van der Waals surface area contributed by atoms with Gasteiger partial charge in [0, 0.05) is 12.1 Å². The average Bonchev–Trinajstić information content (AvgIpc) is 2.03. The molecule has 0 heterocycles. The largest absolute Gasteiger partial charge is 0.298 e. The number of hydrogen-bond donors (Lipinski definition) is 0. The molecule has 0 saturated heterocycles. The Hall–Kier alpha value is -1.13. The summed E-state index contributed by atoms with van der Waals surface area (Å²) in [4.78, 5) is 20.1. The quantitative estimate of drug-likeness (QED) is 0.437. The SMILES string of the molecule is O=Cc1c(Cl)cc([N+](=O)[O-])cc1Cl. The Morgan fingerprint density at radius 2 is 1.77 bits per heavy atom. The fourth-order valence-corrected chi connectivity index (χ4v) is 1.35. The molecule has 13 heavy (non-hydrogen) atoms. The topological polar surface area (TPSA) is 60.2 Å². The van der Waals surface area contributed by atoms with Gasteiger partial charge in [-0.3, -0.25) is 14.9 Å². The van der Waals surface area contributed by atoms with Crippen LogP contribution in [0, 0.1) is 10.1 Å². The number of benzene rings is 1. The number of carbonyl (C=O) groups is 1. The number of carbonyl (C=O) groups excluding carboxylic acids is 1. The van der Waals surface area contributed by atoms with Gasteiger partial charge in [-0.25, -0.2) is 0 Å². The highest BCUT2D eigenvalue weighted by Crippen LogP contribution is 2.28. The third-order valence-corrected chi connectivity index (χ3v) is 2.02. The van der Waals surface area contributed by atoms with Crippen LogP contribution in [0.2, 0.25) is 10.0 Å². The molecule has 4 nitrogen and oxygen atoms in total. The molecular weight excluding hydrogens is 217 g/mol. The highest BCUT2D eigenvalue weighted by atomic mass is 35.5. The number of halogens is 2. The van der Waals surface area contributed by atoms with Crippen molar-refractivity contribution in [1.82, 2.24) is 0 Å². The van der Waals surface area contributed by atoms with Gasteiger partial charge in [0.15, 0.2) is 6.29 Å². The Morgan fingerprint density at radius 3 is 2.08 bits per heavy atom. The average molecular weight is 220 g/mol. The van der Waals surface area contributed by atoms with Gasteiger partial charge in [-0.1, -0.05) is 23.2 Å². The summed E-state index contributed by atoms with van der Waals surface area (Å²) in [6, 6.07) is 2.16. The molecule has 0 unspecified atom stereocenters. The maximum absolute atomic E-state index is 10.4. The molecular formula is C7H3Cl2NO3. The minimum absolute atomic E-state index is 0.0193. The van der Waals surface area contributed by atoms with E-state index in [1.807, 2.05) is 0 Å². The third kappa shape index (κ3) is 1.96. The van der Waals surface area contributed by atoms with E-state index in [4.69, 9.17) is 23.2 Å². The number of nitro benzene ring substituents is 1. The number of non-ortho nitro benzene ring substituents is 1. The lowest BCUT2D eigenvalue weighted by atomic mass is 10.2. The van der Waals surface area contributed by atoms with Crippen molar-refractivity contribution in [3.05, 3.63) is 37.9 Å². The van der Waals surface area contributed by atoms with Gasteiger partial charge in [-0.2, -0.15) is 0 Å². The second-order valence-electron chi connectivity index (χ2n) is 2.20. The number of nitro groups is 1. The van der Waals surface area contributed by atoms with Crippen LogP contribution in [0.4, 0.5) is 5.69 Å². The van der Waals surface area contributed by atoms with Crippen molar-refractivity contribution in [2.75, 3.05) is 0 Å². The highest BCUT2D eigenvalue weighted by molar-refractivity contribution is 6.38. The van der Waals surface area contributed by atoms with Crippen molar-refractivity contribution >= 4 is 35.2 Å². The van der Waals surface area contributed by atoms with Crippen LogP contribution in [0.1, 0.15) is 10.4 Å². The lowest BCUT2D eigenvalue weighted by Gasteiger charge is -1.98. The molecule has 0 N–H and O–H groups in total. The number of rotatable bonds is 2. The molecule has 6 heteroatoms. The summed E-state index contributed by atoms with van der Waals surface area (Å²) in [7, 11) is 0. The predicted molar refractivity (Wildman–Crippen MR) is 48.5 cm³/mol. The first-order chi connectivity index (χ1) is 6.06. The standard InChI is InChI=1S/C7H3Cl2NO3/c8-6-1-4(10(12)13)2-7(9)5(6)3-11/h1-3H. The van der Waals surface area contributed by atoms with Crippen molar-refractivity contribution in [3.63, 3.8) is 0 Å². The van der Waals surface area contributed by atoms with Crippen molar-refractivity contribution in [2.24, 2.45) is 0 Å². The highest BCUT2D eigenvalue weighted by Gasteiger charge is 2.13. The fraction of sp³-hybridized carbons (Fsp3) is 0. The lowest BCUT2D eigenvalue weighted by molar-refractivity contribution is -0.384. The van der Waals surface area contributed by atoms with E-state index in [1.165, 1.54) is 0 Å². The molecule has 0 aromatic heterocycles. The van der Waals surface area contributed by atoms with Crippen LogP contribution in [0.25, 0.3) is 0 Å². The zero-order valence-electron chi connectivity index (χ0n) is 6.16. The summed E-state index contributed by atoms with van der Waals surface area (Å²) in [5, 5.41) is 10.3. The number of hydrogen-bond acceptors (Lipinski definition) is 3. The summed E-state index contributed by atoms with van der Waals surface area (Å²) in [6.45, 7) is 0. The zero-order valence-corrected chi connectivity index (χ0v) is 7.67. The maximum Gasteiger partial charge on any atom is 0.272 e.